The molecule has 0 radical (unpaired) electrons. The Kier molecular flexibility index (Phi) is 7.46. The van der Waals surface area contributed by atoms with E-state index in [1.54, 1.807) is 6.92 Å². The van der Waals surface area contributed by atoms with Gasteiger partial charge in [0.15, 0.2) is 6.29 Å². The molecule has 92 valence electrons. The van der Waals surface area contributed by atoms with Crippen LogP contribution in [0.1, 0.15) is 20.8 Å². The molecule has 0 fully saturated rings. The van der Waals surface area contributed by atoms with E-state index < -0.39 is 15.5 Å². The molecule has 0 aromatic rings. The first kappa shape index (κ1) is 15.1. The van der Waals surface area contributed by atoms with Gasteiger partial charge in [0.05, 0.1) is 6.54 Å². The number of hydrogen-bond acceptors (Lipinski definition) is 4. The molecule has 0 rings (SSSR count). The lowest BCUT2D eigenvalue weighted by Gasteiger charge is -2.23. The zero-order valence-electron chi connectivity index (χ0n) is 9.27. The Balaban J connectivity index is 4.34. The zero-order chi connectivity index (χ0) is 11.9. The molecule has 15 heavy (non-hydrogen) atoms. The minimum Gasteiger partial charge on any atom is -0.352 e. The summed E-state index contributed by atoms with van der Waals surface area (Å²) in [5, 5.41) is 0. The Hall–Kier alpha value is 0.120. The van der Waals surface area contributed by atoms with E-state index in [1.807, 2.05) is 13.8 Å². The van der Waals surface area contributed by atoms with Crippen LogP contribution in [0.4, 0.5) is 0 Å². The van der Waals surface area contributed by atoms with Gasteiger partial charge in [-0.1, -0.05) is 6.92 Å². The molecule has 0 unspecified atom stereocenters. The largest absolute Gasteiger partial charge is 0.352 e. The molecule has 0 heterocycles. The first-order valence-electron chi connectivity index (χ1n) is 4.88. The monoisotopic (exact) mass is 259 g/mol. The van der Waals surface area contributed by atoms with Crippen molar-refractivity contribution in [2.24, 2.45) is 0 Å². The van der Waals surface area contributed by atoms with E-state index >= 15 is 0 Å². The Labute approximate surface area is 95.8 Å². The summed E-state index contributed by atoms with van der Waals surface area (Å²) in [6.07, 6.45) is -0.562. The van der Waals surface area contributed by atoms with Gasteiger partial charge in [-0.25, -0.2) is 0 Å². The Bertz CT molecular complexity index is 251. The van der Waals surface area contributed by atoms with Crippen LogP contribution in [0.2, 0.25) is 0 Å². The maximum atomic E-state index is 11.1. The molecule has 0 saturated heterocycles. The van der Waals surface area contributed by atoms with Crippen molar-refractivity contribution in [3.8, 4) is 0 Å². The lowest BCUT2D eigenvalue weighted by Crippen LogP contribution is -2.37. The van der Waals surface area contributed by atoms with Crippen molar-refractivity contribution in [1.82, 2.24) is 4.31 Å². The maximum Gasteiger partial charge on any atom is 0.299 e. The number of halogens is 1. The van der Waals surface area contributed by atoms with Crippen molar-refractivity contribution >= 4 is 19.9 Å². The molecule has 0 spiro atoms. The average molecular weight is 260 g/mol. The smallest absolute Gasteiger partial charge is 0.299 e. The van der Waals surface area contributed by atoms with Gasteiger partial charge in [-0.2, -0.15) is 12.7 Å². The van der Waals surface area contributed by atoms with Crippen LogP contribution in [-0.2, 0) is 18.7 Å². The summed E-state index contributed by atoms with van der Waals surface area (Å²) < 4.78 is 33.7. The van der Waals surface area contributed by atoms with Crippen LogP contribution in [0, 0.1) is 0 Å². The van der Waals surface area contributed by atoms with Crippen LogP contribution in [0.3, 0.4) is 0 Å². The molecule has 0 aromatic heterocycles. The normalized spacial score (nSPS) is 12.7. The van der Waals surface area contributed by atoms with Gasteiger partial charge in [-0.15, -0.1) is 0 Å². The highest BCUT2D eigenvalue weighted by Gasteiger charge is 2.22. The fraction of sp³-hybridized carbons (Fsp3) is 1.00. The minimum absolute atomic E-state index is 0.115. The van der Waals surface area contributed by atoms with E-state index in [4.69, 9.17) is 20.2 Å². The third-order valence-electron chi connectivity index (χ3n) is 1.72. The topological polar surface area (TPSA) is 55.8 Å². The molecule has 0 aliphatic carbocycles. The van der Waals surface area contributed by atoms with Gasteiger partial charge < -0.3 is 9.47 Å². The molecule has 0 atom stereocenters. The number of nitrogens with zero attached hydrogens (tertiary/aromatic N) is 1. The van der Waals surface area contributed by atoms with E-state index in [1.165, 1.54) is 0 Å². The van der Waals surface area contributed by atoms with Gasteiger partial charge in [0, 0.05) is 30.4 Å². The van der Waals surface area contributed by atoms with Crippen LogP contribution in [0.25, 0.3) is 0 Å². The highest BCUT2D eigenvalue weighted by molar-refractivity contribution is 8.11. The van der Waals surface area contributed by atoms with Gasteiger partial charge in [0.25, 0.3) is 9.24 Å². The summed E-state index contributed by atoms with van der Waals surface area (Å²) >= 11 is 0. The van der Waals surface area contributed by atoms with E-state index in [2.05, 4.69) is 0 Å². The van der Waals surface area contributed by atoms with Gasteiger partial charge in [0.2, 0.25) is 0 Å². The third kappa shape index (κ3) is 6.32. The first-order chi connectivity index (χ1) is 6.95. The number of likely N-dealkylation sites (N-methyl/N-ethyl adjacent to an activating group) is 1. The van der Waals surface area contributed by atoms with E-state index in [0.29, 0.717) is 19.8 Å². The SMILES string of the molecule is CCOC(CN(CC)S(=O)(=O)Cl)OCC. The molecule has 0 aliphatic rings. The Morgan fingerprint density at radius 2 is 1.67 bits per heavy atom. The summed E-state index contributed by atoms with van der Waals surface area (Å²) in [7, 11) is 1.53. The van der Waals surface area contributed by atoms with Crippen molar-refractivity contribution in [3.63, 3.8) is 0 Å². The molecule has 0 aromatic carbocycles. The summed E-state index contributed by atoms with van der Waals surface area (Å²) in [6, 6.07) is 0. The summed E-state index contributed by atoms with van der Waals surface area (Å²) in [5.41, 5.74) is 0. The lowest BCUT2D eigenvalue weighted by atomic mass is 10.5. The predicted octanol–water partition coefficient (Wildman–Crippen LogP) is 1.19. The highest BCUT2D eigenvalue weighted by Crippen LogP contribution is 2.09. The number of rotatable bonds is 8. The Morgan fingerprint density at radius 1 is 1.20 bits per heavy atom. The molecule has 7 heteroatoms. The fourth-order valence-electron chi connectivity index (χ4n) is 1.06. The van der Waals surface area contributed by atoms with Crippen molar-refractivity contribution in [1.29, 1.82) is 0 Å². The molecule has 0 amide bonds. The van der Waals surface area contributed by atoms with Gasteiger partial charge in [-0.05, 0) is 13.8 Å². The van der Waals surface area contributed by atoms with Crippen LogP contribution < -0.4 is 0 Å². The molecule has 0 aliphatic heterocycles. The average Bonchev–Trinajstić information content (AvgIpc) is 2.12. The quantitative estimate of drug-likeness (QED) is 0.485. The number of hydrogen-bond donors (Lipinski definition) is 0. The van der Waals surface area contributed by atoms with E-state index in [9.17, 15) is 8.42 Å². The van der Waals surface area contributed by atoms with Crippen molar-refractivity contribution in [3.05, 3.63) is 0 Å². The molecule has 0 bridgehead atoms. The number of ether oxygens (including phenoxy) is 2. The Morgan fingerprint density at radius 3 is 1.93 bits per heavy atom. The molecular weight excluding hydrogens is 242 g/mol. The molecule has 0 saturated carbocycles. The van der Waals surface area contributed by atoms with Crippen molar-refractivity contribution < 1.29 is 17.9 Å². The highest BCUT2D eigenvalue weighted by atomic mass is 35.7. The van der Waals surface area contributed by atoms with Crippen molar-refractivity contribution in [2.45, 2.75) is 27.1 Å². The fourth-order valence-corrected chi connectivity index (χ4v) is 2.13. The standard InChI is InChI=1S/C8H18ClNO4S/c1-4-10(15(9,11)12)7-8(13-5-2)14-6-3/h8H,4-7H2,1-3H3. The summed E-state index contributed by atoms with van der Waals surface area (Å²) in [6.45, 7) is 6.67. The van der Waals surface area contributed by atoms with Gasteiger partial charge >= 0.3 is 0 Å². The minimum atomic E-state index is -3.70. The van der Waals surface area contributed by atoms with Crippen LogP contribution >= 0.6 is 10.7 Å². The van der Waals surface area contributed by atoms with E-state index in [0.717, 1.165) is 4.31 Å². The van der Waals surface area contributed by atoms with Crippen LogP contribution in [0.5, 0.6) is 0 Å². The lowest BCUT2D eigenvalue weighted by molar-refractivity contribution is -0.140. The maximum absolute atomic E-state index is 11.1. The third-order valence-corrected chi connectivity index (χ3v) is 3.33. The summed E-state index contributed by atoms with van der Waals surface area (Å²) in [4.78, 5) is 0. The predicted molar refractivity (Wildman–Crippen MR) is 59.1 cm³/mol. The van der Waals surface area contributed by atoms with Crippen LogP contribution in [0.15, 0.2) is 0 Å². The second-order valence-corrected chi connectivity index (χ2v) is 5.24. The second-order valence-electron chi connectivity index (χ2n) is 2.73. The van der Waals surface area contributed by atoms with Gasteiger partial charge in [0.1, 0.15) is 0 Å². The summed E-state index contributed by atoms with van der Waals surface area (Å²) in [5.74, 6) is 0. The molecule has 5 nitrogen and oxygen atoms in total. The van der Waals surface area contributed by atoms with E-state index in [-0.39, 0.29) is 6.54 Å². The van der Waals surface area contributed by atoms with Crippen molar-refractivity contribution in [2.75, 3.05) is 26.3 Å². The molecular formula is C8H18ClNO4S. The van der Waals surface area contributed by atoms with Gasteiger partial charge in [-0.3, -0.25) is 0 Å². The zero-order valence-corrected chi connectivity index (χ0v) is 10.8. The van der Waals surface area contributed by atoms with Crippen LogP contribution in [-0.4, -0.2) is 45.3 Å². The molecule has 0 N–H and O–H groups in total. The second kappa shape index (κ2) is 7.40. The first-order valence-corrected chi connectivity index (χ1v) is 7.15.